The Labute approximate surface area is 256 Å². The lowest BCUT2D eigenvalue weighted by molar-refractivity contribution is -0.123. The van der Waals surface area contributed by atoms with Crippen LogP contribution in [0.25, 0.3) is 0 Å². The number of ketones is 2. The van der Waals surface area contributed by atoms with Crippen molar-refractivity contribution in [3.05, 3.63) is 84.8 Å². The van der Waals surface area contributed by atoms with Crippen LogP contribution in [0.3, 0.4) is 0 Å². The van der Waals surface area contributed by atoms with E-state index < -0.39 is 41.5 Å². The molecule has 6 rings (SSSR count). The van der Waals surface area contributed by atoms with Crippen LogP contribution in [0.4, 0.5) is 5.69 Å². The maximum absolute atomic E-state index is 14.0. The molecule has 4 atom stereocenters. The molecule has 3 aliphatic carbocycles. The van der Waals surface area contributed by atoms with E-state index in [1.807, 2.05) is 6.08 Å². The number of carboxylic acid groups (broad SMARTS) is 1. The molecule has 2 aromatic carbocycles. The predicted octanol–water partition coefficient (Wildman–Crippen LogP) is 5.26. The molecule has 11 heteroatoms. The Morgan fingerprint density at radius 3 is 2.48 bits per heavy atom. The number of aromatic carboxylic acids is 1. The summed E-state index contributed by atoms with van der Waals surface area (Å²) in [5.74, 6) is -5.56. The van der Waals surface area contributed by atoms with E-state index in [0.717, 1.165) is 10.5 Å². The van der Waals surface area contributed by atoms with E-state index >= 15 is 0 Å². The van der Waals surface area contributed by atoms with E-state index in [0.29, 0.717) is 31.2 Å². The summed E-state index contributed by atoms with van der Waals surface area (Å²) in [4.78, 5) is 67.3. The van der Waals surface area contributed by atoms with E-state index in [-0.39, 0.29) is 47.2 Å². The van der Waals surface area contributed by atoms with Crippen molar-refractivity contribution < 1.29 is 38.9 Å². The smallest absolute Gasteiger partial charge is 0.335 e. The number of amides is 2. The van der Waals surface area contributed by atoms with Crippen LogP contribution in [0.5, 0.6) is 11.5 Å². The molecule has 1 fully saturated rings. The number of carbonyl (C=O) groups excluding carboxylic acids is 4. The zero-order valence-electron chi connectivity index (χ0n) is 22.3. The van der Waals surface area contributed by atoms with Crippen molar-refractivity contribution in [1.82, 2.24) is 0 Å². The Balaban J connectivity index is 1.52. The summed E-state index contributed by atoms with van der Waals surface area (Å²) in [6.07, 6.45) is 3.51. The SMILES string of the molecule is COc1cc(C2C3=CCC4C(=O)N(c5cccc(C(=O)O)c5)C(=O)C4C3CC3=C2C(=O)C(C)=CC3=O)c(Br)c(Br)c1O. The number of phenols is 1. The maximum atomic E-state index is 14.0. The van der Waals surface area contributed by atoms with E-state index in [2.05, 4.69) is 31.9 Å². The number of Topliss-reactive ketones (excluding diaryl/α,β-unsaturated/α-hetero) is 1. The van der Waals surface area contributed by atoms with Gasteiger partial charge in [-0.05, 0) is 93.4 Å². The fraction of sp³-hybridized carbons (Fsp3) is 0.258. The molecule has 0 bridgehead atoms. The second-order valence-electron chi connectivity index (χ2n) is 10.7. The number of hydrogen-bond donors (Lipinski definition) is 2. The van der Waals surface area contributed by atoms with Crippen LogP contribution in [0.15, 0.2) is 73.7 Å². The van der Waals surface area contributed by atoms with Gasteiger partial charge < -0.3 is 14.9 Å². The van der Waals surface area contributed by atoms with E-state index in [1.165, 1.54) is 37.5 Å². The van der Waals surface area contributed by atoms with Gasteiger partial charge in [-0.2, -0.15) is 0 Å². The summed E-state index contributed by atoms with van der Waals surface area (Å²) < 4.78 is 6.15. The number of benzene rings is 2. The van der Waals surface area contributed by atoms with Crippen LogP contribution >= 0.6 is 31.9 Å². The summed E-state index contributed by atoms with van der Waals surface area (Å²) in [6.45, 7) is 1.59. The first-order valence-corrected chi connectivity index (χ1v) is 14.7. The third-order valence-electron chi connectivity index (χ3n) is 8.62. The van der Waals surface area contributed by atoms with Gasteiger partial charge in [0.15, 0.2) is 23.1 Å². The summed E-state index contributed by atoms with van der Waals surface area (Å²) in [6, 6.07) is 7.28. The number of aromatic hydroxyl groups is 1. The lowest BCUT2D eigenvalue weighted by Gasteiger charge is -2.42. The number of halogens is 2. The maximum Gasteiger partial charge on any atom is 0.335 e. The normalized spacial score (nSPS) is 25.1. The fourth-order valence-corrected chi connectivity index (χ4v) is 7.68. The fourth-order valence-electron chi connectivity index (χ4n) is 6.73. The number of methoxy groups -OCH3 is 1. The third-order valence-corrected chi connectivity index (χ3v) is 10.8. The van der Waals surface area contributed by atoms with Gasteiger partial charge in [0.2, 0.25) is 11.8 Å². The lowest BCUT2D eigenvalue weighted by atomic mass is 9.59. The Bertz CT molecular complexity index is 1750. The molecule has 2 aromatic rings. The largest absolute Gasteiger partial charge is 0.503 e. The Hall–Kier alpha value is -3.83. The lowest BCUT2D eigenvalue weighted by Crippen LogP contribution is -2.40. The number of anilines is 1. The molecule has 214 valence electrons. The standard InChI is InChI=1S/C31H23Br2NO8/c1-12-8-20(35)18-10-17-15(22(24(18)27(12)36)19-11-21(42-2)28(37)26(33)25(19)32)6-7-16-23(17)30(39)34(29(16)38)14-5-3-4-13(9-14)31(40)41/h3-6,8-9,11,16-17,22-23,37H,7,10H2,1-2H3,(H,40,41). The van der Waals surface area contributed by atoms with Crippen LogP contribution in [-0.2, 0) is 19.2 Å². The molecular formula is C31H23Br2NO8. The average Bonchev–Trinajstić information content (AvgIpc) is 3.23. The Kier molecular flexibility index (Phi) is 6.85. The summed E-state index contributed by atoms with van der Waals surface area (Å²) in [5.41, 5.74) is 2.30. The van der Waals surface area contributed by atoms with Gasteiger partial charge in [-0.15, -0.1) is 0 Å². The molecule has 0 aromatic heterocycles. The highest BCUT2D eigenvalue weighted by molar-refractivity contribution is 9.13. The average molecular weight is 697 g/mol. The molecule has 1 aliphatic heterocycles. The van der Waals surface area contributed by atoms with Crippen LogP contribution in [0.2, 0.25) is 0 Å². The number of hydrogen-bond acceptors (Lipinski definition) is 7. The van der Waals surface area contributed by atoms with Crippen molar-refractivity contribution in [2.45, 2.75) is 25.7 Å². The molecule has 2 N–H and O–H groups in total. The highest BCUT2D eigenvalue weighted by atomic mass is 79.9. The highest BCUT2D eigenvalue weighted by Gasteiger charge is 2.57. The van der Waals surface area contributed by atoms with Gasteiger partial charge >= 0.3 is 5.97 Å². The quantitative estimate of drug-likeness (QED) is 0.251. The first-order valence-electron chi connectivity index (χ1n) is 13.1. The number of carboxylic acids is 1. The number of carbonyl (C=O) groups is 5. The van der Waals surface area contributed by atoms with Crippen LogP contribution in [-0.4, -0.2) is 46.7 Å². The Morgan fingerprint density at radius 2 is 1.79 bits per heavy atom. The molecule has 42 heavy (non-hydrogen) atoms. The molecule has 4 aliphatic rings. The molecule has 1 saturated heterocycles. The van der Waals surface area contributed by atoms with E-state index in [9.17, 15) is 34.2 Å². The van der Waals surface area contributed by atoms with Gasteiger partial charge in [0.1, 0.15) is 0 Å². The molecule has 0 spiro atoms. The van der Waals surface area contributed by atoms with E-state index in [4.69, 9.17) is 4.74 Å². The molecule has 0 saturated carbocycles. The first kappa shape index (κ1) is 28.3. The van der Waals surface area contributed by atoms with Crippen molar-refractivity contribution in [1.29, 1.82) is 0 Å². The number of rotatable bonds is 4. The van der Waals surface area contributed by atoms with Gasteiger partial charge in [-0.3, -0.25) is 24.1 Å². The molecule has 4 unspecified atom stereocenters. The van der Waals surface area contributed by atoms with Crippen LogP contribution in [0.1, 0.15) is 41.6 Å². The second kappa shape index (κ2) is 10.2. The predicted molar refractivity (Wildman–Crippen MR) is 157 cm³/mol. The van der Waals surface area contributed by atoms with Crippen molar-refractivity contribution in [2.75, 3.05) is 12.0 Å². The van der Waals surface area contributed by atoms with Crippen LogP contribution in [0, 0.1) is 17.8 Å². The van der Waals surface area contributed by atoms with Gasteiger partial charge in [0.05, 0.1) is 34.7 Å². The summed E-state index contributed by atoms with van der Waals surface area (Å²) in [5, 5.41) is 20.1. The van der Waals surface area contributed by atoms with Crippen molar-refractivity contribution in [3.63, 3.8) is 0 Å². The van der Waals surface area contributed by atoms with Crippen LogP contribution < -0.4 is 9.64 Å². The van der Waals surface area contributed by atoms with Gasteiger partial charge in [-0.25, -0.2) is 4.79 Å². The second-order valence-corrected chi connectivity index (χ2v) is 12.3. The zero-order chi connectivity index (χ0) is 30.2. The molecule has 0 radical (unpaired) electrons. The van der Waals surface area contributed by atoms with Gasteiger partial charge in [-0.1, -0.05) is 17.7 Å². The minimum absolute atomic E-state index is 0.0560. The van der Waals surface area contributed by atoms with Crippen molar-refractivity contribution in [2.24, 2.45) is 17.8 Å². The van der Waals surface area contributed by atoms with Gasteiger partial charge in [0.25, 0.3) is 0 Å². The minimum atomic E-state index is -1.18. The Morgan fingerprint density at radius 1 is 1.05 bits per heavy atom. The number of fused-ring (bicyclic) bond motifs is 3. The topological polar surface area (TPSA) is 138 Å². The number of allylic oxidation sites excluding steroid dienone is 6. The minimum Gasteiger partial charge on any atom is -0.503 e. The molecule has 2 amide bonds. The first-order chi connectivity index (χ1) is 20.0. The number of phenolic OH excluding ortho intramolecular Hbond substituents is 1. The highest BCUT2D eigenvalue weighted by Crippen LogP contribution is 2.57. The summed E-state index contributed by atoms with van der Waals surface area (Å²) >= 11 is 6.94. The monoisotopic (exact) mass is 695 g/mol. The number of imide groups is 1. The number of ether oxygens (including phenoxy) is 1. The zero-order valence-corrected chi connectivity index (χ0v) is 25.5. The van der Waals surface area contributed by atoms with Crippen molar-refractivity contribution >= 4 is 66.9 Å². The number of nitrogens with zero attached hydrogens (tertiary/aromatic N) is 1. The van der Waals surface area contributed by atoms with E-state index in [1.54, 1.807) is 13.0 Å². The third kappa shape index (κ3) is 4.04. The van der Waals surface area contributed by atoms with Gasteiger partial charge in [0, 0.05) is 27.1 Å². The summed E-state index contributed by atoms with van der Waals surface area (Å²) in [7, 11) is 1.40. The molecule has 1 heterocycles. The molecule has 9 nitrogen and oxygen atoms in total. The molecular weight excluding hydrogens is 674 g/mol. The van der Waals surface area contributed by atoms with Crippen molar-refractivity contribution in [3.8, 4) is 11.5 Å².